The van der Waals surface area contributed by atoms with Crippen LogP contribution in [0.4, 0.5) is 0 Å². The fourth-order valence-electron chi connectivity index (χ4n) is 3.39. The summed E-state index contributed by atoms with van der Waals surface area (Å²) in [7, 11) is 0. The van der Waals surface area contributed by atoms with Crippen molar-refractivity contribution in [2.45, 2.75) is 60.3 Å². The van der Waals surface area contributed by atoms with Crippen LogP contribution < -0.4 is 0 Å². The van der Waals surface area contributed by atoms with Gasteiger partial charge in [0, 0.05) is 5.41 Å². The van der Waals surface area contributed by atoms with Crippen LogP contribution in [0.5, 0.6) is 0 Å². The second kappa shape index (κ2) is 3.96. The van der Waals surface area contributed by atoms with Crippen molar-refractivity contribution in [1.29, 1.82) is 0 Å². The molecular weight excluding hydrogens is 208 g/mol. The van der Waals surface area contributed by atoms with Gasteiger partial charge in [0.1, 0.15) is 5.78 Å². The molecule has 96 valence electrons. The minimum Gasteiger partial charge on any atom is -0.299 e. The van der Waals surface area contributed by atoms with E-state index in [1.54, 1.807) is 12.5 Å². The third kappa shape index (κ3) is 2.09. The van der Waals surface area contributed by atoms with Crippen LogP contribution in [-0.2, 0) is 4.79 Å². The normalized spacial score (nSPS) is 30.5. The summed E-state index contributed by atoms with van der Waals surface area (Å²) in [6.45, 7) is 10.7. The number of carbonyl (C=O) groups is 1. The first-order valence-corrected chi connectivity index (χ1v) is 6.95. The van der Waals surface area contributed by atoms with E-state index in [1.807, 2.05) is 0 Å². The van der Waals surface area contributed by atoms with E-state index in [0.29, 0.717) is 11.2 Å². The second-order valence-corrected chi connectivity index (χ2v) is 7.26. The highest BCUT2D eigenvalue weighted by molar-refractivity contribution is 5.81. The number of hydrogen-bond donors (Lipinski definition) is 0. The molecular formula is C16H26O. The van der Waals surface area contributed by atoms with E-state index in [-0.39, 0.29) is 5.41 Å². The second-order valence-electron chi connectivity index (χ2n) is 7.26. The lowest BCUT2D eigenvalue weighted by molar-refractivity contribution is -0.125. The maximum Gasteiger partial charge on any atom is 0.135 e. The molecule has 1 fully saturated rings. The van der Waals surface area contributed by atoms with Gasteiger partial charge in [-0.3, -0.25) is 4.79 Å². The summed E-state index contributed by atoms with van der Waals surface area (Å²) in [6.07, 6.45) is 7.23. The van der Waals surface area contributed by atoms with Gasteiger partial charge < -0.3 is 0 Å². The van der Waals surface area contributed by atoms with Crippen molar-refractivity contribution in [1.82, 2.24) is 0 Å². The molecule has 2 bridgehead atoms. The molecule has 0 heterocycles. The van der Waals surface area contributed by atoms with Crippen molar-refractivity contribution in [2.24, 2.45) is 22.7 Å². The van der Waals surface area contributed by atoms with Gasteiger partial charge in [0.15, 0.2) is 0 Å². The van der Waals surface area contributed by atoms with Crippen molar-refractivity contribution in [2.75, 3.05) is 0 Å². The van der Waals surface area contributed by atoms with Crippen LogP contribution in [0.15, 0.2) is 11.6 Å². The fourth-order valence-corrected chi connectivity index (χ4v) is 3.39. The van der Waals surface area contributed by atoms with Gasteiger partial charge in [-0.1, -0.05) is 39.3 Å². The van der Waals surface area contributed by atoms with Crippen LogP contribution in [0.1, 0.15) is 60.3 Å². The minimum atomic E-state index is -0.147. The summed E-state index contributed by atoms with van der Waals surface area (Å²) in [5, 5.41) is 0. The number of carbonyl (C=O) groups excluding carboxylic acids is 1. The Balaban J connectivity index is 1.98. The summed E-state index contributed by atoms with van der Waals surface area (Å²) < 4.78 is 0. The van der Waals surface area contributed by atoms with Gasteiger partial charge in [0.25, 0.3) is 0 Å². The van der Waals surface area contributed by atoms with E-state index < -0.39 is 0 Å². The molecule has 0 spiro atoms. The van der Waals surface area contributed by atoms with Gasteiger partial charge in [0.2, 0.25) is 0 Å². The third-order valence-corrected chi connectivity index (χ3v) is 5.57. The summed E-state index contributed by atoms with van der Waals surface area (Å²) in [6, 6.07) is 0. The van der Waals surface area contributed by atoms with Gasteiger partial charge in [0.05, 0.1) is 0 Å². The zero-order chi connectivity index (χ0) is 12.8. The van der Waals surface area contributed by atoms with Crippen LogP contribution in [0.25, 0.3) is 0 Å². The molecule has 1 saturated carbocycles. The summed E-state index contributed by atoms with van der Waals surface area (Å²) >= 11 is 0. The Bertz CT molecular complexity index is 360. The molecule has 3 aliphatic carbocycles. The monoisotopic (exact) mass is 234 g/mol. The van der Waals surface area contributed by atoms with E-state index in [2.05, 4.69) is 33.8 Å². The van der Waals surface area contributed by atoms with Crippen LogP contribution in [0.3, 0.4) is 0 Å². The van der Waals surface area contributed by atoms with Crippen molar-refractivity contribution >= 4 is 5.78 Å². The SMILES string of the molecule is CC(=O)C(C)(C)CCC1=CC[C@H]2C[C@@H]1C2(C)C. The van der Waals surface area contributed by atoms with Crippen LogP contribution in [0.2, 0.25) is 0 Å². The number of ketones is 1. The Hall–Kier alpha value is -0.590. The van der Waals surface area contributed by atoms with E-state index in [4.69, 9.17) is 0 Å². The average molecular weight is 234 g/mol. The maximum atomic E-state index is 11.5. The van der Waals surface area contributed by atoms with Crippen molar-refractivity contribution in [3.8, 4) is 0 Å². The lowest BCUT2D eigenvalue weighted by atomic mass is 9.48. The van der Waals surface area contributed by atoms with E-state index in [0.717, 1.165) is 24.7 Å². The van der Waals surface area contributed by atoms with Crippen molar-refractivity contribution in [3.63, 3.8) is 0 Å². The first-order valence-electron chi connectivity index (χ1n) is 6.95. The highest BCUT2D eigenvalue weighted by atomic mass is 16.1. The highest BCUT2D eigenvalue weighted by Gasteiger charge is 2.50. The van der Waals surface area contributed by atoms with Crippen LogP contribution in [-0.4, -0.2) is 5.78 Å². The highest BCUT2D eigenvalue weighted by Crippen LogP contribution is 2.60. The molecule has 0 radical (unpaired) electrons. The topological polar surface area (TPSA) is 17.1 Å². The van der Waals surface area contributed by atoms with Gasteiger partial charge >= 0.3 is 0 Å². The molecule has 3 aliphatic rings. The first kappa shape index (κ1) is 12.9. The van der Waals surface area contributed by atoms with Gasteiger partial charge in [-0.25, -0.2) is 0 Å². The molecule has 0 unspecified atom stereocenters. The molecule has 0 aliphatic heterocycles. The number of hydrogen-bond acceptors (Lipinski definition) is 1. The van der Waals surface area contributed by atoms with Crippen LogP contribution in [0, 0.1) is 22.7 Å². The Morgan fingerprint density at radius 2 is 2.12 bits per heavy atom. The van der Waals surface area contributed by atoms with E-state index in [1.165, 1.54) is 12.8 Å². The lowest BCUT2D eigenvalue weighted by Gasteiger charge is -2.56. The molecule has 0 aromatic rings. The van der Waals surface area contributed by atoms with E-state index in [9.17, 15) is 4.79 Å². The van der Waals surface area contributed by atoms with Gasteiger partial charge in [-0.05, 0) is 49.9 Å². The predicted molar refractivity (Wildman–Crippen MR) is 71.8 cm³/mol. The van der Waals surface area contributed by atoms with Crippen molar-refractivity contribution < 1.29 is 4.79 Å². The Labute approximate surface area is 106 Å². The molecule has 0 aromatic carbocycles. The van der Waals surface area contributed by atoms with Gasteiger partial charge in [-0.2, -0.15) is 0 Å². The maximum absolute atomic E-state index is 11.5. The minimum absolute atomic E-state index is 0.147. The molecule has 17 heavy (non-hydrogen) atoms. The van der Waals surface area contributed by atoms with Gasteiger partial charge in [-0.15, -0.1) is 0 Å². The lowest BCUT2D eigenvalue weighted by Crippen LogP contribution is -2.48. The molecule has 2 atom stereocenters. The van der Waals surface area contributed by atoms with Crippen molar-refractivity contribution in [3.05, 3.63) is 11.6 Å². The summed E-state index contributed by atoms with van der Waals surface area (Å²) in [5.41, 5.74) is 2.00. The number of allylic oxidation sites excluding steroid dienone is 2. The molecule has 0 aromatic heterocycles. The molecule has 0 N–H and O–H groups in total. The first-order chi connectivity index (χ1) is 7.75. The number of fused-ring (bicyclic) bond motifs is 1. The number of rotatable bonds is 4. The third-order valence-electron chi connectivity index (χ3n) is 5.57. The fraction of sp³-hybridized carbons (Fsp3) is 0.812. The zero-order valence-electron chi connectivity index (χ0n) is 12.0. The summed E-state index contributed by atoms with van der Waals surface area (Å²) in [4.78, 5) is 11.5. The Morgan fingerprint density at radius 1 is 1.47 bits per heavy atom. The zero-order valence-corrected chi connectivity index (χ0v) is 12.0. The van der Waals surface area contributed by atoms with Crippen LogP contribution >= 0.6 is 0 Å². The smallest absolute Gasteiger partial charge is 0.135 e. The largest absolute Gasteiger partial charge is 0.299 e. The molecule has 1 heteroatoms. The molecule has 1 nitrogen and oxygen atoms in total. The Kier molecular flexibility index (Phi) is 3.00. The molecule has 0 saturated heterocycles. The number of Topliss-reactive ketones (excluding diaryl/α,β-unsaturated/α-hetero) is 1. The average Bonchev–Trinajstić information content (AvgIpc) is 2.26. The standard InChI is InChI=1S/C16H26O/c1-11(17)15(2,3)9-8-12-6-7-13-10-14(12)16(13,4)5/h6,13-14H,7-10H2,1-5H3/t13-,14-/m0/s1. The quantitative estimate of drug-likeness (QED) is 0.660. The Morgan fingerprint density at radius 3 is 2.59 bits per heavy atom. The molecule has 3 rings (SSSR count). The predicted octanol–water partition coefficient (Wildman–Crippen LogP) is 4.37. The molecule has 0 amide bonds. The van der Waals surface area contributed by atoms with E-state index >= 15 is 0 Å². The summed E-state index contributed by atoms with van der Waals surface area (Å²) in [5.74, 6) is 2.03.